The van der Waals surface area contributed by atoms with Crippen molar-refractivity contribution < 1.29 is 19.4 Å². The van der Waals surface area contributed by atoms with Crippen molar-refractivity contribution in [2.24, 2.45) is 0 Å². The third kappa shape index (κ3) is 2.72. The molecule has 0 aliphatic heterocycles. The molecular weight excluding hydrogens is 210 g/mol. The van der Waals surface area contributed by atoms with E-state index in [1.54, 1.807) is 0 Å². The summed E-state index contributed by atoms with van der Waals surface area (Å²) >= 11 is 0. The Kier molecular flexibility index (Phi) is 4.29. The molecule has 5 heteroatoms. The number of ether oxygens (including phenoxy) is 1. The number of hydrogen-bond donors (Lipinski definition) is 1. The maximum atomic E-state index is 12.1. The average Bonchev–Trinajstić information content (AvgIpc) is 2.66. The highest BCUT2D eigenvalue weighted by Crippen LogP contribution is 2.34. The first-order valence-electron chi connectivity index (χ1n) is 5.63. The zero-order valence-corrected chi connectivity index (χ0v) is 9.86. The summed E-state index contributed by atoms with van der Waals surface area (Å²) in [5.74, 6) is -1.20. The summed E-state index contributed by atoms with van der Waals surface area (Å²) in [6.07, 6.45) is 3.33. The molecule has 1 rings (SSSR count). The molecular formula is C11H19NO4. The standard InChI is InChI=1S/C11H19NO4/c1-3-16-11(6-4-5-7-11)10(15)12(2)8-9(13)14/h3-8H2,1-2H3,(H,13,14). The van der Waals surface area contributed by atoms with Gasteiger partial charge in [0.2, 0.25) is 0 Å². The molecule has 1 aliphatic rings. The fraction of sp³-hybridized carbons (Fsp3) is 0.818. The van der Waals surface area contributed by atoms with Crippen LogP contribution in [0.5, 0.6) is 0 Å². The number of carbonyl (C=O) groups is 2. The van der Waals surface area contributed by atoms with Crippen LogP contribution < -0.4 is 0 Å². The first kappa shape index (κ1) is 13.0. The molecule has 0 heterocycles. The van der Waals surface area contributed by atoms with Crippen LogP contribution >= 0.6 is 0 Å². The van der Waals surface area contributed by atoms with Crippen LogP contribution in [-0.2, 0) is 14.3 Å². The number of carboxylic acid groups (broad SMARTS) is 1. The van der Waals surface area contributed by atoms with Crippen LogP contribution in [0.3, 0.4) is 0 Å². The van der Waals surface area contributed by atoms with Crippen molar-refractivity contribution in [3.05, 3.63) is 0 Å². The Bertz CT molecular complexity index is 271. The largest absolute Gasteiger partial charge is 0.480 e. The molecule has 0 radical (unpaired) electrons. The maximum absolute atomic E-state index is 12.1. The topological polar surface area (TPSA) is 66.8 Å². The highest BCUT2D eigenvalue weighted by Gasteiger charge is 2.43. The molecule has 0 aromatic carbocycles. The number of aliphatic carboxylic acids is 1. The molecule has 0 aromatic rings. The van der Waals surface area contributed by atoms with E-state index in [9.17, 15) is 9.59 Å². The number of carbonyl (C=O) groups excluding carboxylic acids is 1. The lowest BCUT2D eigenvalue weighted by atomic mass is 10.00. The third-order valence-electron chi connectivity index (χ3n) is 2.94. The summed E-state index contributed by atoms with van der Waals surface area (Å²) in [6, 6.07) is 0. The van der Waals surface area contributed by atoms with Crippen LogP contribution in [-0.4, -0.2) is 47.7 Å². The minimum Gasteiger partial charge on any atom is -0.480 e. The molecule has 0 bridgehead atoms. The number of amides is 1. The van der Waals surface area contributed by atoms with Crippen molar-refractivity contribution in [1.29, 1.82) is 0 Å². The van der Waals surface area contributed by atoms with Crippen molar-refractivity contribution in [3.63, 3.8) is 0 Å². The molecule has 0 unspecified atom stereocenters. The SMILES string of the molecule is CCOC1(C(=O)N(C)CC(=O)O)CCCC1. The monoisotopic (exact) mass is 229 g/mol. The van der Waals surface area contributed by atoms with E-state index in [1.165, 1.54) is 11.9 Å². The molecule has 1 saturated carbocycles. The highest BCUT2D eigenvalue weighted by molar-refractivity contribution is 5.88. The van der Waals surface area contributed by atoms with Crippen LogP contribution in [0, 0.1) is 0 Å². The lowest BCUT2D eigenvalue weighted by Gasteiger charge is -2.31. The Balaban J connectivity index is 2.71. The Morgan fingerprint density at radius 2 is 1.94 bits per heavy atom. The Hall–Kier alpha value is -1.10. The zero-order chi connectivity index (χ0) is 12.2. The van der Waals surface area contributed by atoms with Gasteiger partial charge in [-0.25, -0.2) is 0 Å². The smallest absolute Gasteiger partial charge is 0.323 e. The van der Waals surface area contributed by atoms with Gasteiger partial charge in [-0.05, 0) is 32.6 Å². The molecule has 1 fully saturated rings. The third-order valence-corrected chi connectivity index (χ3v) is 2.94. The van der Waals surface area contributed by atoms with Crippen LogP contribution in [0.4, 0.5) is 0 Å². The summed E-state index contributed by atoms with van der Waals surface area (Å²) in [7, 11) is 1.51. The Morgan fingerprint density at radius 1 is 1.38 bits per heavy atom. The normalized spacial score (nSPS) is 18.4. The van der Waals surface area contributed by atoms with Gasteiger partial charge < -0.3 is 14.7 Å². The second-order valence-electron chi connectivity index (χ2n) is 4.19. The summed E-state index contributed by atoms with van der Waals surface area (Å²) < 4.78 is 5.57. The number of hydrogen-bond acceptors (Lipinski definition) is 3. The van der Waals surface area contributed by atoms with Gasteiger partial charge in [-0.15, -0.1) is 0 Å². The van der Waals surface area contributed by atoms with Gasteiger partial charge in [0, 0.05) is 13.7 Å². The lowest BCUT2D eigenvalue weighted by Crippen LogP contribution is -2.49. The maximum Gasteiger partial charge on any atom is 0.323 e. The second-order valence-corrected chi connectivity index (χ2v) is 4.19. The summed E-state index contributed by atoms with van der Waals surface area (Å²) in [5.41, 5.74) is -0.765. The first-order chi connectivity index (χ1) is 7.52. The van der Waals surface area contributed by atoms with Crippen molar-refractivity contribution >= 4 is 11.9 Å². The van der Waals surface area contributed by atoms with Crippen LogP contribution in [0.25, 0.3) is 0 Å². The molecule has 0 saturated heterocycles. The number of rotatable bonds is 5. The van der Waals surface area contributed by atoms with E-state index >= 15 is 0 Å². The quantitative estimate of drug-likeness (QED) is 0.760. The minimum atomic E-state index is -1.000. The predicted octanol–water partition coefficient (Wildman–Crippen LogP) is 0.879. The van der Waals surface area contributed by atoms with Crippen LogP contribution in [0.2, 0.25) is 0 Å². The predicted molar refractivity (Wildman–Crippen MR) is 58.1 cm³/mol. The van der Waals surface area contributed by atoms with Crippen molar-refractivity contribution in [2.75, 3.05) is 20.2 Å². The zero-order valence-electron chi connectivity index (χ0n) is 9.86. The van der Waals surface area contributed by atoms with E-state index < -0.39 is 11.6 Å². The van der Waals surface area contributed by atoms with E-state index in [4.69, 9.17) is 9.84 Å². The highest BCUT2D eigenvalue weighted by atomic mass is 16.5. The van der Waals surface area contributed by atoms with Crippen molar-refractivity contribution in [1.82, 2.24) is 4.90 Å². The van der Waals surface area contributed by atoms with E-state index in [0.29, 0.717) is 19.4 Å². The molecule has 1 aliphatic carbocycles. The Labute approximate surface area is 95.4 Å². The molecule has 5 nitrogen and oxygen atoms in total. The number of carboxylic acids is 1. The molecule has 0 aromatic heterocycles. The van der Waals surface area contributed by atoms with Gasteiger partial charge in [0.15, 0.2) is 0 Å². The summed E-state index contributed by atoms with van der Waals surface area (Å²) in [4.78, 5) is 23.9. The molecule has 0 spiro atoms. The van der Waals surface area contributed by atoms with E-state index in [1.807, 2.05) is 6.92 Å². The van der Waals surface area contributed by atoms with Gasteiger partial charge in [-0.3, -0.25) is 9.59 Å². The first-order valence-corrected chi connectivity index (χ1v) is 5.63. The van der Waals surface area contributed by atoms with E-state index in [0.717, 1.165) is 12.8 Å². The van der Waals surface area contributed by atoms with E-state index in [2.05, 4.69) is 0 Å². The number of nitrogens with zero attached hydrogens (tertiary/aromatic N) is 1. The molecule has 1 N–H and O–H groups in total. The van der Waals surface area contributed by atoms with Gasteiger partial charge in [0.1, 0.15) is 12.1 Å². The molecule has 92 valence electrons. The van der Waals surface area contributed by atoms with Gasteiger partial charge in [0.05, 0.1) is 0 Å². The van der Waals surface area contributed by atoms with Crippen molar-refractivity contribution in [3.8, 4) is 0 Å². The van der Waals surface area contributed by atoms with Gasteiger partial charge in [-0.2, -0.15) is 0 Å². The number of likely N-dealkylation sites (N-methyl/N-ethyl adjacent to an activating group) is 1. The summed E-state index contributed by atoms with van der Waals surface area (Å²) in [5, 5.41) is 8.65. The van der Waals surface area contributed by atoms with Gasteiger partial charge >= 0.3 is 5.97 Å². The average molecular weight is 229 g/mol. The summed E-state index contributed by atoms with van der Waals surface area (Å²) in [6.45, 7) is 2.06. The fourth-order valence-corrected chi connectivity index (χ4v) is 2.26. The van der Waals surface area contributed by atoms with Crippen LogP contribution in [0.1, 0.15) is 32.6 Å². The van der Waals surface area contributed by atoms with Crippen molar-refractivity contribution in [2.45, 2.75) is 38.2 Å². The lowest BCUT2D eigenvalue weighted by molar-refractivity contribution is -0.159. The Morgan fingerprint density at radius 3 is 2.38 bits per heavy atom. The fourth-order valence-electron chi connectivity index (χ4n) is 2.26. The minimum absolute atomic E-state index is 0.200. The van der Waals surface area contributed by atoms with Gasteiger partial charge in [-0.1, -0.05) is 0 Å². The second kappa shape index (κ2) is 5.30. The van der Waals surface area contributed by atoms with Gasteiger partial charge in [0.25, 0.3) is 5.91 Å². The molecule has 0 atom stereocenters. The van der Waals surface area contributed by atoms with E-state index in [-0.39, 0.29) is 12.5 Å². The molecule has 1 amide bonds. The molecule has 16 heavy (non-hydrogen) atoms. The van der Waals surface area contributed by atoms with Crippen LogP contribution in [0.15, 0.2) is 0 Å².